The van der Waals surface area contributed by atoms with Gasteiger partial charge in [0, 0.05) is 29.6 Å². The standard InChI is InChI=1S/C14H16ClN3/c1-9(2)8-18-14-10(5-13-7-16-13)3-12(15)4-11(14)6-17-18/h3-4,6-7,9,13H,5,8H2,1-2H3. The van der Waals surface area contributed by atoms with E-state index in [-0.39, 0.29) is 0 Å². The molecular weight excluding hydrogens is 246 g/mol. The number of nitrogens with zero attached hydrogens (tertiary/aromatic N) is 3. The highest BCUT2D eigenvalue weighted by molar-refractivity contribution is 6.31. The van der Waals surface area contributed by atoms with E-state index in [2.05, 4.69) is 28.6 Å². The quantitative estimate of drug-likeness (QED) is 0.830. The fourth-order valence-corrected chi connectivity index (χ4v) is 2.56. The summed E-state index contributed by atoms with van der Waals surface area (Å²) in [6.45, 7) is 5.34. The third kappa shape index (κ3) is 2.27. The summed E-state index contributed by atoms with van der Waals surface area (Å²) in [7, 11) is 0. The Balaban J connectivity index is 2.08. The second-order valence-electron chi connectivity index (χ2n) is 5.29. The molecule has 0 bridgehead atoms. The first-order valence-corrected chi connectivity index (χ1v) is 6.68. The zero-order valence-electron chi connectivity index (χ0n) is 10.6. The maximum Gasteiger partial charge on any atom is 0.0884 e. The van der Waals surface area contributed by atoms with Crippen molar-refractivity contribution in [2.24, 2.45) is 10.9 Å². The lowest BCUT2D eigenvalue weighted by atomic mass is 10.1. The highest BCUT2D eigenvalue weighted by Crippen LogP contribution is 2.27. The summed E-state index contributed by atoms with van der Waals surface area (Å²) < 4.78 is 2.09. The average molecular weight is 262 g/mol. The fraction of sp³-hybridized carbons (Fsp3) is 0.429. The highest BCUT2D eigenvalue weighted by Gasteiger charge is 2.18. The third-order valence-corrected chi connectivity index (χ3v) is 3.32. The zero-order valence-corrected chi connectivity index (χ0v) is 11.4. The van der Waals surface area contributed by atoms with Crippen LogP contribution < -0.4 is 0 Å². The van der Waals surface area contributed by atoms with Crippen LogP contribution in [0.3, 0.4) is 0 Å². The topological polar surface area (TPSA) is 30.2 Å². The number of aliphatic imine (C=N–C) groups is 1. The lowest BCUT2D eigenvalue weighted by molar-refractivity contribution is 0.494. The average Bonchev–Trinajstić information content (AvgIpc) is 3.00. The smallest absolute Gasteiger partial charge is 0.0884 e. The van der Waals surface area contributed by atoms with Gasteiger partial charge in [0.2, 0.25) is 0 Å². The largest absolute Gasteiger partial charge is 0.286 e. The van der Waals surface area contributed by atoms with Crippen molar-refractivity contribution in [2.75, 3.05) is 0 Å². The molecule has 0 N–H and O–H groups in total. The van der Waals surface area contributed by atoms with Crippen LogP contribution in [0.2, 0.25) is 5.02 Å². The number of halogens is 1. The molecule has 2 heterocycles. The summed E-state index contributed by atoms with van der Waals surface area (Å²) >= 11 is 6.16. The van der Waals surface area contributed by atoms with Crippen LogP contribution in [-0.4, -0.2) is 22.0 Å². The fourth-order valence-electron chi connectivity index (χ4n) is 2.31. The number of fused-ring (bicyclic) bond motifs is 1. The van der Waals surface area contributed by atoms with E-state index >= 15 is 0 Å². The van der Waals surface area contributed by atoms with E-state index in [1.165, 1.54) is 11.1 Å². The molecule has 1 aliphatic rings. The molecule has 0 amide bonds. The van der Waals surface area contributed by atoms with E-state index in [1.807, 2.05) is 24.5 Å². The van der Waals surface area contributed by atoms with Gasteiger partial charge in [0.1, 0.15) is 0 Å². The maximum atomic E-state index is 6.16. The van der Waals surface area contributed by atoms with Gasteiger partial charge in [-0.3, -0.25) is 9.67 Å². The number of hydrogen-bond acceptors (Lipinski definition) is 2. The van der Waals surface area contributed by atoms with Crippen LogP contribution in [0.25, 0.3) is 10.9 Å². The summed E-state index contributed by atoms with van der Waals surface area (Å²) in [5.41, 5.74) is 2.46. The van der Waals surface area contributed by atoms with Crippen LogP contribution in [0, 0.1) is 5.92 Å². The van der Waals surface area contributed by atoms with Gasteiger partial charge in [0.25, 0.3) is 0 Å². The first-order chi connectivity index (χ1) is 8.63. The summed E-state index contributed by atoms with van der Waals surface area (Å²) in [6.07, 6.45) is 4.82. The Labute approximate surface area is 111 Å². The van der Waals surface area contributed by atoms with Gasteiger partial charge in [0.15, 0.2) is 0 Å². The number of benzene rings is 1. The molecule has 1 aromatic heterocycles. The minimum Gasteiger partial charge on any atom is -0.286 e. The Morgan fingerprint density at radius 2 is 2.17 bits per heavy atom. The van der Waals surface area contributed by atoms with Crippen molar-refractivity contribution in [3.05, 3.63) is 28.9 Å². The Bertz CT molecular complexity index is 607. The highest BCUT2D eigenvalue weighted by atomic mass is 35.5. The van der Waals surface area contributed by atoms with Crippen LogP contribution in [-0.2, 0) is 13.0 Å². The third-order valence-electron chi connectivity index (χ3n) is 3.10. The lowest BCUT2D eigenvalue weighted by Crippen LogP contribution is -2.08. The van der Waals surface area contributed by atoms with Gasteiger partial charge < -0.3 is 0 Å². The van der Waals surface area contributed by atoms with Crippen LogP contribution >= 0.6 is 11.6 Å². The monoisotopic (exact) mass is 261 g/mol. The molecule has 1 atom stereocenters. The minimum atomic E-state index is 0.370. The normalized spacial score (nSPS) is 17.9. The van der Waals surface area contributed by atoms with E-state index in [0.717, 1.165) is 23.4 Å². The zero-order chi connectivity index (χ0) is 12.7. The predicted molar refractivity (Wildman–Crippen MR) is 75.6 cm³/mol. The molecule has 94 valence electrons. The summed E-state index contributed by atoms with van der Waals surface area (Å²) in [5, 5.41) is 6.39. The molecule has 1 aromatic carbocycles. The Morgan fingerprint density at radius 3 is 2.83 bits per heavy atom. The van der Waals surface area contributed by atoms with E-state index in [4.69, 9.17) is 11.6 Å². The van der Waals surface area contributed by atoms with Gasteiger partial charge in [0.05, 0.1) is 17.8 Å². The van der Waals surface area contributed by atoms with Crippen molar-refractivity contribution in [2.45, 2.75) is 32.9 Å². The Hall–Kier alpha value is -1.35. The van der Waals surface area contributed by atoms with Crippen LogP contribution in [0.15, 0.2) is 23.3 Å². The van der Waals surface area contributed by atoms with Gasteiger partial charge in [-0.25, -0.2) is 0 Å². The molecule has 0 aliphatic carbocycles. The number of hydrogen-bond donors (Lipinski definition) is 0. The number of aromatic nitrogens is 2. The first-order valence-electron chi connectivity index (χ1n) is 6.30. The molecule has 1 aliphatic heterocycles. The second-order valence-corrected chi connectivity index (χ2v) is 5.73. The Kier molecular flexibility index (Phi) is 2.86. The molecule has 3 nitrogen and oxygen atoms in total. The molecule has 0 fully saturated rings. The van der Waals surface area contributed by atoms with Crippen LogP contribution in [0.5, 0.6) is 0 Å². The van der Waals surface area contributed by atoms with Crippen molar-refractivity contribution in [3.8, 4) is 0 Å². The van der Waals surface area contributed by atoms with Gasteiger partial charge in [-0.05, 0) is 23.6 Å². The van der Waals surface area contributed by atoms with Gasteiger partial charge in [-0.2, -0.15) is 5.10 Å². The molecule has 2 aromatic rings. The predicted octanol–water partition coefficient (Wildman–Crippen LogP) is 3.34. The van der Waals surface area contributed by atoms with E-state index in [9.17, 15) is 0 Å². The van der Waals surface area contributed by atoms with Crippen molar-refractivity contribution >= 4 is 28.7 Å². The SMILES string of the molecule is CC(C)Cn1ncc2cc(Cl)cc(CC3C=N3)c21. The number of rotatable bonds is 4. The lowest BCUT2D eigenvalue weighted by Gasteiger charge is -2.10. The summed E-state index contributed by atoms with van der Waals surface area (Å²) in [5.74, 6) is 0.578. The van der Waals surface area contributed by atoms with Gasteiger partial charge in [-0.15, -0.1) is 0 Å². The van der Waals surface area contributed by atoms with Crippen molar-refractivity contribution < 1.29 is 0 Å². The molecule has 0 saturated carbocycles. The molecule has 3 rings (SSSR count). The van der Waals surface area contributed by atoms with E-state index in [1.54, 1.807) is 0 Å². The van der Waals surface area contributed by atoms with Crippen LogP contribution in [0.4, 0.5) is 0 Å². The molecule has 0 radical (unpaired) electrons. The van der Waals surface area contributed by atoms with Crippen molar-refractivity contribution in [1.29, 1.82) is 0 Å². The van der Waals surface area contributed by atoms with E-state index < -0.39 is 0 Å². The van der Waals surface area contributed by atoms with Crippen LogP contribution in [0.1, 0.15) is 19.4 Å². The van der Waals surface area contributed by atoms with Gasteiger partial charge in [-0.1, -0.05) is 25.4 Å². The summed E-state index contributed by atoms with van der Waals surface area (Å²) in [4.78, 5) is 4.21. The molecule has 0 saturated heterocycles. The van der Waals surface area contributed by atoms with Gasteiger partial charge >= 0.3 is 0 Å². The van der Waals surface area contributed by atoms with Crippen molar-refractivity contribution in [1.82, 2.24) is 9.78 Å². The van der Waals surface area contributed by atoms with E-state index in [0.29, 0.717) is 12.0 Å². The molecule has 0 spiro atoms. The van der Waals surface area contributed by atoms with Crippen molar-refractivity contribution in [3.63, 3.8) is 0 Å². The molecular formula is C14H16ClN3. The first kappa shape index (κ1) is 11.7. The Morgan fingerprint density at radius 1 is 1.39 bits per heavy atom. The molecule has 4 heteroatoms. The molecule has 1 unspecified atom stereocenters. The summed E-state index contributed by atoms with van der Waals surface area (Å²) in [6, 6.07) is 4.40. The minimum absolute atomic E-state index is 0.370. The maximum absolute atomic E-state index is 6.16. The second kappa shape index (κ2) is 4.39. The molecule has 18 heavy (non-hydrogen) atoms.